The summed E-state index contributed by atoms with van der Waals surface area (Å²) in [6.45, 7) is 5.13. The Kier molecular flexibility index (Phi) is 9.43. The van der Waals surface area contributed by atoms with E-state index in [1.807, 2.05) is 11.1 Å². The number of nitrogens with one attached hydrogen (secondary N) is 1. The minimum atomic E-state index is 0.190. The maximum absolute atomic E-state index is 9.43. The highest BCUT2D eigenvalue weighted by Gasteiger charge is 2.48. The Balaban J connectivity index is 0.948. The maximum atomic E-state index is 9.43. The zero-order chi connectivity index (χ0) is 32.7. The van der Waals surface area contributed by atoms with Crippen molar-refractivity contribution in [2.24, 2.45) is 56.8 Å². The standard InChI is InChI=1S/C44H60N4/c1-44(2)39-26-35(22-24-37(39)38-25-23-36(27-40(38)44)31-18-16-29(28-45)17-19-31)30-14-9-15-34(21-20-30)43-47-41(32-10-5-3-6-11-32)46-42(48-43)33-12-7-4-8-13-33/h5,10-11,14,26,29,31,33-37,42H,3-4,6-9,12-13,15-25,27H2,1-2H3,(H,46,47,48). The largest absolute Gasteiger partial charge is 0.351 e. The van der Waals surface area contributed by atoms with Crippen molar-refractivity contribution < 1.29 is 0 Å². The molecule has 5 unspecified atom stereocenters. The van der Waals surface area contributed by atoms with Crippen LogP contribution in [0.25, 0.3) is 0 Å². The second-order valence-electron chi connectivity index (χ2n) is 17.4. The van der Waals surface area contributed by atoms with Gasteiger partial charge in [0.05, 0.1) is 6.07 Å². The summed E-state index contributed by atoms with van der Waals surface area (Å²) >= 11 is 0. The monoisotopic (exact) mass is 644 g/mol. The summed E-state index contributed by atoms with van der Waals surface area (Å²) in [5.41, 5.74) is 8.59. The van der Waals surface area contributed by atoms with E-state index in [-0.39, 0.29) is 11.6 Å². The molecule has 2 saturated carbocycles. The molecule has 0 radical (unpaired) electrons. The molecule has 0 aromatic heterocycles. The van der Waals surface area contributed by atoms with E-state index < -0.39 is 0 Å². The summed E-state index contributed by atoms with van der Waals surface area (Å²) in [7, 11) is 0. The first kappa shape index (κ1) is 32.5. The second-order valence-corrected chi connectivity index (χ2v) is 17.4. The fourth-order valence-electron chi connectivity index (χ4n) is 11.5. The minimum Gasteiger partial charge on any atom is -0.351 e. The van der Waals surface area contributed by atoms with Gasteiger partial charge in [0.15, 0.2) is 5.84 Å². The van der Waals surface area contributed by atoms with Gasteiger partial charge in [0.1, 0.15) is 12.0 Å². The lowest BCUT2D eigenvalue weighted by atomic mass is 9.67. The molecule has 1 aliphatic heterocycles. The van der Waals surface area contributed by atoms with Crippen LogP contribution in [0.2, 0.25) is 0 Å². The summed E-state index contributed by atoms with van der Waals surface area (Å²) in [4.78, 5) is 10.5. The molecule has 0 spiro atoms. The van der Waals surface area contributed by atoms with Crippen molar-refractivity contribution in [1.29, 1.82) is 5.26 Å². The molecule has 1 heterocycles. The highest BCUT2D eigenvalue weighted by molar-refractivity contribution is 6.09. The lowest BCUT2D eigenvalue weighted by Gasteiger charge is -2.37. The van der Waals surface area contributed by atoms with Crippen molar-refractivity contribution >= 4 is 11.7 Å². The fourth-order valence-corrected chi connectivity index (χ4v) is 11.5. The molecular weight excluding hydrogens is 585 g/mol. The lowest BCUT2D eigenvalue weighted by Crippen LogP contribution is -2.46. The Morgan fingerprint density at radius 3 is 2.46 bits per heavy atom. The Bertz CT molecular complexity index is 1490. The number of rotatable bonds is 5. The van der Waals surface area contributed by atoms with Crippen LogP contribution in [0.1, 0.15) is 142 Å². The van der Waals surface area contributed by atoms with Crippen molar-refractivity contribution in [3.8, 4) is 6.07 Å². The van der Waals surface area contributed by atoms with Gasteiger partial charge in [0.25, 0.3) is 0 Å². The van der Waals surface area contributed by atoms with Crippen LogP contribution in [-0.2, 0) is 0 Å². The third kappa shape index (κ3) is 6.38. The van der Waals surface area contributed by atoms with Crippen molar-refractivity contribution in [1.82, 2.24) is 5.32 Å². The van der Waals surface area contributed by atoms with Gasteiger partial charge in [-0.1, -0.05) is 85.8 Å². The molecule has 256 valence electrons. The van der Waals surface area contributed by atoms with Gasteiger partial charge in [-0.15, -0.1) is 0 Å². The highest BCUT2D eigenvalue weighted by Crippen LogP contribution is 2.60. The molecule has 1 N–H and O–H groups in total. The SMILES string of the molecule is CC1(C)C2=CC(C3=CCCC(C4=NC(C5=CCCC=C5)=NC(C5CCCCC5)N4)CC3)CCC2C2=C1CC(C1CCC(C#N)CC1)CC2. The van der Waals surface area contributed by atoms with Gasteiger partial charge in [0, 0.05) is 28.7 Å². The van der Waals surface area contributed by atoms with Crippen LogP contribution in [0.3, 0.4) is 0 Å². The number of allylic oxidation sites excluding steroid dienone is 8. The Morgan fingerprint density at radius 2 is 1.67 bits per heavy atom. The minimum absolute atomic E-state index is 0.190. The van der Waals surface area contributed by atoms with E-state index in [0.717, 1.165) is 43.4 Å². The first-order chi connectivity index (χ1) is 23.5. The average Bonchev–Trinajstić information content (AvgIpc) is 3.28. The van der Waals surface area contributed by atoms with Crippen molar-refractivity contribution in [2.75, 3.05) is 0 Å². The topological polar surface area (TPSA) is 60.5 Å². The number of nitriles is 1. The Morgan fingerprint density at radius 1 is 0.812 bits per heavy atom. The van der Waals surface area contributed by atoms with Gasteiger partial charge in [-0.25, -0.2) is 9.98 Å². The van der Waals surface area contributed by atoms with E-state index in [0.29, 0.717) is 29.6 Å². The number of nitrogens with zero attached hydrogens (tertiary/aromatic N) is 3. The fraction of sp³-hybridized carbons (Fsp3) is 0.705. The second kappa shape index (κ2) is 13.9. The van der Waals surface area contributed by atoms with Gasteiger partial charge in [-0.05, 0) is 133 Å². The molecule has 4 heteroatoms. The van der Waals surface area contributed by atoms with E-state index in [1.54, 1.807) is 11.1 Å². The quantitative estimate of drug-likeness (QED) is 0.303. The first-order valence-electron chi connectivity index (χ1n) is 20.3. The smallest absolute Gasteiger partial charge is 0.158 e. The molecule has 2 fully saturated rings. The zero-order valence-corrected chi connectivity index (χ0v) is 30.0. The molecule has 5 atom stereocenters. The van der Waals surface area contributed by atoms with Crippen LogP contribution in [-0.4, -0.2) is 17.8 Å². The van der Waals surface area contributed by atoms with Crippen molar-refractivity contribution in [2.45, 2.75) is 148 Å². The van der Waals surface area contributed by atoms with Crippen LogP contribution in [0, 0.1) is 58.2 Å². The summed E-state index contributed by atoms with van der Waals surface area (Å²) in [5.74, 6) is 6.66. The summed E-state index contributed by atoms with van der Waals surface area (Å²) in [6.07, 6.45) is 37.7. The number of aliphatic imine (C=N–C) groups is 2. The molecule has 8 rings (SSSR count). The molecule has 0 aromatic rings. The Labute approximate surface area is 291 Å². The molecule has 0 amide bonds. The van der Waals surface area contributed by atoms with Gasteiger partial charge < -0.3 is 5.32 Å². The van der Waals surface area contributed by atoms with Crippen LogP contribution < -0.4 is 5.32 Å². The average molecular weight is 645 g/mol. The molecule has 4 nitrogen and oxygen atoms in total. The number of amidine groups is 2. The lowest BCUT2D eigenvalue weighted by molar-refractivity contribution is 0.203. The van der Waals surface area contributed by atoms with Crippen LogP contribution in [0.4, 0.5) is 0 Å². The van der Waals surface area contributed by atoms with Crippen molar-refractivity contribution in [3.63, 3.8) is 0 Å². The molecule has 0 saturated heterocycles. The summed E-state index contributed by atoms with van der Waals surface area (Å²) in [6, 6.07) is 2.55. The zero-order valence-electron chi connectivity index (χ0n) is 30.0. The Hall–Kier alpha value is -2.67. The summed E-state index contributed by atoms with van der Waals surface area (Å²) < 4.78 is 0. The van der Waals surface area contributed by atoms with Gasteiger partial charge in [-0.3, -0.25) is 0 Å². The van der Waals surface area contributed by atoms with E-state index in [9.17, 15) is 5.26 Å². The van der Waals surface area contributed by atoms with Crippen LogP contribution >= 0.6 is 0 Å². The number of hydrogen-bond donors (Lipinski definition) is 1. The van der Waals surface area contributed by atoms with E-state index in [4.69, 9.17) is 9.98 Å². The third-order valence-corrected chi connectivity index (χ3v) is 14.4. The number of fused-ring (bicyclic) bond motifs is 2. The predicted molar refractivity (Wildman–Crippen MR) is 198 cm³/mol. The van der Waals surface area contributed by atoms with Gasteiger partial charge in [-0.2, -0.15) is 5.26 Å². The highest BCUT2D eigenvalue weighted by atomic mass is 15.2. The van der Waals surface area contributed by atoms with Gasteiger partial charge >= 0.3 is 0 Å². The third-order valence-electron chi connectivity index (χ3n) is 14.4. The van der Waals surface area contributed by atoms with Crippen LogP contribution in [0.15, 0.2) is 68.2 Å². The van der Waals surface area contributed by atoms with Crippen LogP contribution in [0.5, 0.6) is 0 Å². The van der Waals surface area contributed by atoms with E-state index >= 15 is 0 Å². The van der Waals surface area contributed by atoms with E-state index in [2.05, 4.69) is 55.6 Å². The summed E-state index contributed by atoms with van der Waals surface area (Å²) in [5, 5.41) is 13.4. The predicted octanol–water partition coefficient (Wildman–Crippen LogP) is 11.1. The molecule has 48 heavy (non-hydrogen) atoms. The molecular formula is C44H60N4. The molecule has 0 aromatic carbocycles. The molecule has 7 aliphatic carbocycles. The number of hydrogen-bond acceptors (Lipinski definition) is 4. The van der Waals surface area contributed by atoms with E-state index in [1.165, 1.54) is 114 Å². The maximum Gasteiger partial charge on any atom is 0.158 e. The first-order valence-corrected chi connectivity index (χ1v) is 20.3. The normalized spacial score (nSPS) is 37.0. The molecule has 0 bridgehead atoms. The van der Waals surface area contributed by atoms with Gasteiger partial charge in [0.2, 0.25) is 0 Å². The van der Waals surface area contributed by atoms with Crippen molar-refractivity contribution in [3.05, 3.63) is 58.2 Å². The molecule has 8 aliphatic rings.